The maximum absolute atomic E-state index is 12.9. The first-order chi connectivity index (χ1) is 14.0. The molecule has 0 fully saturated rings. The lowest BCUT2D eigenvalue weighted by Crippen LogP contribution is -2.14. The molecule has 2 amide bonds. The van der Waals surface area contributed by atoms with Gasteiger partial charge in [-0.1, -0.05) is 23.5 Å². The number of hydrogen-bond acceptors (Lipinski definition) is 7. The first-order valence-electron chi connectivity index (χ1n) is 8.18. The third-order valence-corrected chi connectivity index (χ3v) is 6.10. The van der Waals surface area contributed by atoms with E-state index in [1.807, 2.05) is 0 Å². The minimum atomic E-state index is -0.375. The molecule has 0 aliphatic carbocycles. The Hall–Kier alpha value is -2.50. The normalized spacial score (nSPS) is 10.6. The van der Waals surface area contributed by atoms with Crippen LogP contribution < -0.4 is 10.6 Å². The number of nitrogens with one attached hydrogen (secondary N) is 2. The molecule has 0 saturated carbocycles. The fraction of sp³-hybridized carbons (Fsp3) is 0.111. The second-order valence-corrected chi connectivity index (χ2v) is 8.45. The van der Waals surface area contributed by atoms with Crippen molar-refractivity contribution in [3.05, 3.63) is 60.2 Å². The van der Waals surface area contributed by atoms with E-state index in [2.05, 4.69) is 20.0 Å². The number of anilines is 2. The average Bonchev–Trinajstić information content (AvgIpc) is 3.16. The van der Waals surface area contributed by atoms with E-state index in [1.165, 1.54) is 60.3 Å². The molecule has 6 nitrogen and oxygen atoms in total. The summed E-state index contributed by atoms with van der Waals surface area (Å²) in [5.74, 6) is -1.03. The summed E-state index contributed by atoms with van der Waals surface area (Å²) in [6.07, 6.45) is 0. The van der Waals surface area contributed by atoms with Gasteiger partial charge in [0, 0.05) is 11.4 Å². The van der Waals surface area contributed by atoms with Gasteiger partial charge in [0.1, 0.15) is 11.6 Å². The summed E-state index contributed by atoms with van der Waals surface area (Å²) < 4.78 is 30.5. The SMILES string of the molecule is O=C(CSc1nsc(SCC(=O)Nc2ccc(F)cc2)n1)Nc1ccc(F)cc1. The Balaban J connectivity index is 1.40. The van der Waals surface area contributed by atoms with Gasteiger partial charge in [0.15, 0.2) is 4.34 Å². The molecule has 0 atom stereocenters. The number of amides is 2. The minimum absolute atomic E-state index is 0.100. The van der Waals surface area contributed by atoms with E-state index in [1.54, 1.807) is 0 Å². The number of hydrogen-bond donors (Lipinski definition) is 2. The van der Waals surface area contributed by atoms with E-state index >= 15 is 0 Å². The van der Waals surface area contributed by atoms with Crippen molar-refractivity contribution in [1.82, 2.24) is 9.36 Å². The van der Waals surface area contributed by atoms with Crippen LogP contribution >= 0.6 is 35.1 Å². The Morgan fingerprint density at radius 2 is 1.31 bits per heavy atom. The van der Waals surface area contributed by atoms with Crippen LogP contribution in [-0.2, 0) is 9.59 Å². The molecular weight excluding hydrogens is 438 g/mol. The van der Waals surface area contributed by atoms with Crippen LogP contribution in [-0.4, -0.2) is 32.7 Å². The van der Waals surface area contributed by atoms with Gasteiger partial charge >= 0.3 is 0 Å². The first kappa shape index (κ1) is 21.2. The number of halogens is 2. The van der Waals surface area contributed by atoms with Gasteiger partial charge in [-0.15, -0.1) is 0 Å². The van der Waals surface area contributed by atoms with Gasteiger partial charge in [0.05, 0.1) is 11.5 Å². The van der Waals surface area contributed by atoms with Crippen LogP contribution in [0.15, 0.2) is 58.0 Å². The number of carbonyl (C=O) groups excluding carboxylic acids is 2. The fourth-order valence-electron chi connectivity index (χ4n) is 2.03. The molecule has 0 radical (unpaired) electrons. The fourth-order valence-corrected chi connectivity index (χ4v) is 4.26. The molecule has 0 spiro atoms. The molecule has 11 heteroatoms. The van der Waals surface area contributed by atoms with Crippen molar-refractivity contribution in [2.24, 2.45) is 0 Å². The standard InChI is InChI=1S/C18H14F2N4O2S3/c19-11-1-5-13(6-2-11)21-15(25)9-27-17-23-18(29-24-17)28-10-16(26)22-14-7-3-12(20)4-8-14/h1-8H,9-10H2,(H,21,25)(H,22,26). The smallest absolute Gasteiger partial charge is 0.234 e. The summed E-state index contributed by atoms with van der Waals surface area (Å²) >= 11 is 3.52. The van der Waals surface area contributed by atoms with Crippen LogP contribution in [0.5, 0.6) is 0 Å². The van der Waals surface area contributed by atoms with E-state index in [0.29, 0.717) is 20.9 Å². The summed E-state index contributed by atoms with van der Waals surface area (Å²) in [6.45, 7) is 0. The number of nitrogens with zero attached hydrogens (tertiary/aromatic N) is 2. The van der Waals surface area contributed by atoms with Crippen molar-refractivity contribution in [1.29, 1.82) is 0 Å². The number of rotatable bonds is 8. The van der Waals surface area contributed by atoms with Crippen LogP contribution in [0.3, 0.4) is 0 Å². The highest BCUT2D eigenvalue weighted by molar-refractivity contribution is 8.02. The molecule has 0 aliphatic heterocycles. The Kier molecular flexibility index (Phi) is 7.55. The van der Waals surface area contributed by atoms with Crippen LogP contribution in [0.2, 0.25) is 0 Å². The molecule has 0 aliphatic rings. The number of thioether (sulfide) groups is 2. The highest BCUT2D eigenvalue weighted by Gasteiger charge is 2.11. The highest BCUT2D eigenvalue weighted by Crippen LogP contribution is 2.25. The van der Waals surface area contributed by atoms with E-state index in [-0.39, 0.29) is 35.0 Å². The maximum atomic E-state index is 12.9. The molecule has 0 unspecified atom stereocenters. The molecule has 1 aromatic heterocycles. The molecule has 1 heterocycles. The monoisotopic (exact) mass is 452 g/mol. The second kappa shape index (κ2) is 10.3. The number of benzene rings is 2. The average molecular weight is 453 g/mol. The first-order valence-corrected chi connectivity index (χ1v) is 10.9. The maximum Gasteiger partial charge on any atom is 0.234 e. The lowest BCUT2D eigenvalue weighted by atomic mass is 10.3. The topological polar surface area (TPSA) is 84.0 Å². The predicted octanol–water partition coefficient (Wildman–Crippen LogP) is 4.28. The summed E-state index contributed by atoms with van der Waals surface area (Å²) in [7, 11) is 0. The van der Waals surface area contributed by atoms with Gasteiger partial charge < -0.3 is 10.6 Å². The zero-order valence-corrected chi connectivity index (χ0v) is 17.2. The molecule has 2 N–H and O–H groups in total. The Bertz CT molecular complexity index is 904. The molecular formula is C18H14F2N4O2S3. The zero-order chi connectivity index (χ0) is 20.6. The Morgan fingerprint density at radius 3 is 1.83 bits per heavy atom. The Morgan fingerprint density at radius 1 is 0.828 bits per heavy atom. The lowest BCUT2D eigenvalue weighted by Gasteiger charge is -2.03. The molecule has 0 bridgehead atoms. The van der Waals surface area contributed by atoms with Gasteiger partial charge in [-0.05, 0) is 60.1 Å². The van der Waals surface area contributed by atoms with E-state index in [0.717, 1.165) is 23.3 Å². The van der Waals surface area contributed by atoms with Gasteiger partial charge in [-0.25, -0.2) is 13.8 Å². The predicted molar refractivity (Wildman–Crippen MR) is 111 cm³/mol. The van der Waals surface area contributed by atoms with Gasteiger partial charge in [0.25, 0.3) is 0 Å². The molecule has 0 saturated heterocycles. The van der Waals surface area contributed by atoms with Crippen molar-refractivity contribution in [3.8, 4) is 0 Å². The van der Waals surface area contributed by atoms with Crippen LogP contribution in [0, 0.1) is 11.6 Å². The van der Waals surface area contributed by atoms with Crippen LogP contribution in [0.1, 0.15) is 0 Å². The Labute approximate surface area is 177 Å². The van der Waals surface area contributed by atoms with Gasteiger partial charge in [0.2, 0.25) is 17.0 Å². The summed E-state index contributed by atoms with van der Waals surface area (Å²) in [5.41, 5.74) is 1.02. The highest BCUT2D eigenvalue weighted by atomic mass is 32.2. The van der Waals surface area contributed by atoms with Crippen molar-refractivity contribution in [2.75, 3.05) is 22.1 Å². The third-order valence-electron chi connectivity index (χ3n) is 3.30. The molecule has 29 heavy (non-hydrogen) atoms. The van der Waals surface area contributed by atoms with E-state index < -0.39 is 0 Å². The summed E-state index contributed by atoms with van der Waals surface area (Å²) in [6, 6.07) is 11.0. The van der Waals surface area contributed by atoms with Crippen molar-refractivity contribution < 1.29 is 18.4 Å². The second-order valence-electron chi connectivity index (χ2n) is 5.53. The molecule has 150 valence electrons. The molecule has 3 rings (SSSR count). The van der Waals surface area contributed by atoms with Crippen LogP contribution in [0.25, 0.3) is 0 Å². The number of carbonyl (C=O) groups is 2. The third kappa shape index (κ3) is 7.11. The van der Waals surface area contributed by atoms with Gasteiger partial charge in [-0.3, -0.25) is 9.59 Å². The van der Waals surface area contributed by atoms with Crippen molar-refractivity contribution in [3.63, 3.8) is 0 Å². The van der Waals surface area contributed by atoms with Crippen molar-refractivity contribution >= 4 is 58.2 Å². The van der Waals surface area contributed by atoms with Crippen LogP contribution in [0.4, 0.5) is 20.2 Å². The quantitative estimate of drug-likeness (QED) is 0.497. The summed E-state index contributed by atoms with van der Waals surface area (Å²) in [5, 5.41) is 5.75. The number of aromatic nitrogens is 2. The van der Waals surface area contributed by atoms with E-state index in [4.69, 9.17) is 0 Å². The largest absolute Gasteiger partial charge is 0.325 e. The van der Waals surface area contributed by atoms with Gasteiger partial charge in [-0.2, -0.15) is 4.37 Å². The lowest BCUT2D eigenvalue weighted by molar-refractivity contribution is -0.114. The van der Waals surface area contributed by atoms with E-state index in [9.17, 15) is 18.4 Å². The van der Waals surface area contributed by atoms with Crippen molar-refractivity contribution in [2.45, 2.75) is 9.50 Å². The summed E-state index contributed by atoms with van der Waals surface area (Å²) in [4.78, 5) is 28.1. The zero-order valence-electron chi connectivity index (χ0n) is 14.7. The molecule has 3 aromatic rings. The molecule has 2 aromatic carbocycles. The minimum Gasteiger partial charge on any atom is -0.325 e.